The number of para-hydroxylation sites is 1. The van der Waals surface area contributed by atoms with E-state index in [2.05, 4.69) is 5.32 Å². The quantitative estimate of drug-likeness (QED) is 0.307. The van der Waals surface area contributed by atoms with E-state index in [-0.39, 0.29) is 6.61 Å². The Morgan fingerprint density at radius 2 is 1.64 bits per heavy atom. The molecule has 0 spiro atoms. The molecule has 2 rings (SSSR count). The summed E-state index contributed by atoms with van der Waals surface area (Å²) in [5.41, 5.74) is 1.06. The van der Waals surface area contributed by atoms with Gasteiger partial charge in [-0.3, -0.25) is 0 Å². The fourth-order valence-electron chi connectivity index (χ4n) is 2.55. The van der Waals surface area contributed by atoms with Crippen LogP contribution in [0.25, 0.3) is 0 Å². The normalized spacial score (nSPS) is 11.8. The lowest BCUT2D eigenvalue weighted by molar-refractivity contribution is -0.159. The zero-order chi connectivity index (χ0) is 24.9. The van der Waals surface area contributed by atoms with Gasteiger partial charge in [-0.15, -0.1) is 0 Å². The van der Waals surface area contributed by atoms with Crippen LogP contribution in [0.3, 0.4) is 0 Å². The van der Waals surface area contributed by atoms with Crippen LogP contribution in [-0.4, -0.2) is 60.2 Å². The number of alkyl halides is 3. The van der Waals surface area contributed by atoms with Gasteiger partial charge in [0.15, 0.2) is 0 Å². The standard InChI is InChI=1S/C20H24F3NO3.C2H2O4/c1-26-19-5-3-2-4-16(19)13-27-14-18(25)12-24-11-10-15-6-8-17(9-7-15)20(21,22)23;3-1(4)2(5)6/h2-9,18,24-25H,10-14H2,1H3;(H,3,4)(H,5,6). The first-order valence-corrected chi connectivity index (χ1v) is 9.75. The lowest BCUT2D eigenvalue weighted by Gasteiger charge is -2.14. The van der Waals surface area contributed by atoms with Crippen molar-refractivity contribution in [2.24, 2.45) is 0 Å². The first kappa shape index (κ1) is 27.9. The number of ether oxygens (including phenoxy) is 2. The minimum absolute atomic E-state index is 0.172. The number of hydrogen-bond acceptors (Lipinski definition) is 6. The van der Waals surface area contributed by atoms with Crippen LogP contribution in [0.1, 0.15) is 16.7 Å². The van der Waals surface area contributed by atoms with Crippen LogP contribution in [0, 0.1) is 0 Å². The van der Waals surface area contributed by atoms with Crippen LogP contribution >= 0.6 is 0 Å². The van der Waals surface area contributed by atoms with Crippen molar-refractivity contribution in [2.75, 3.05) is 26.8 Å². The molecule has 8 nitrogen and oxygen atoms in total. The van der Waals surface area contributed by atoms with Crippen LogP contribution in [0.5, 0.6) is 5.75 Å². The molecule has 4 N–H and O–H groups in total. The summed E-state index contributed by atoms with van der Waals surface area (Å²) in [6.07, 6.45) is -4.41. The highest BCUT2D eigenvalue weighted by Crippen LogP contribution is 2.29. The van der Waals surface area contributed by atoms with Gasteiger partial charge < -0.3 is 30.1 Å². The zero-order valence-corrected chi connectivity index (χ0v) is 17.8. The van der Waals surface area contributed by atoms with Gasteiger partial charge in [-0.2, -0.15) is 13.2 Å². The molecule has 0 aliphatic rings. The highest BCUT2D eigenvalue weighted by molar-refractivity contribution is 6.27. The number of carboxylic acid groups (broad SMARTS) is 2. The smallest absolute Gasteiger partial charge is 0.416 e. The lowest BCUT2D eigenvalue weighted by Crippen LogP contribution is -2.31. The van der Waals surface area contributed by atoms with Crippen LogP contribution in [0.15, 0.2) is 48.5 Å². The van der Waals surface area contributed by atoms with Gasteiger partial charge in [-0.05, 0) is 36.7 Å². The first-order valence-electron chi connectivity index (χ1n) is 9.75. The van der Waals surface area contributed by atoms with E-state index in [1.54, 1.807) is 7.11 Å². The van der Waals surface area contributed by atoms with Crippen LogP contribution < -0.4 is 10.1 Å². The molecule has 0 aliphatic carbocycles. The molecule has 0 aromatic heterocycles. The topological polar surface area (TPSA) is 125 Å². The summed E-state index contributed by atoms with van der Waals surface area (Å²) in [6.45, 7) is 1.40. The molecule has 2 aromatic carbocycles. The van der Waals surface area contributed by atoms with Crippen molar-refractivity contribution < 1.29 is 47.6 Å². The van der Waals surface area contributed by atoms with Gasteiger partial charge in [0.1, 0.15) is 5.75 Å². The minimum Gasteiger partial charge on any atom is -0.496 e. The maximum Gasteiger partial charge on any atom is 0.416 e. The van der Waals surface area contributed by atoms with Gasteiger partial charge >= 0.3 is 18.1 Å². The van der Waals surface area contributed by atoms with Gasteiger partial charge in [-0.25, -0.2) is 9.59 Å². The lowest BCUT2D eigenvalue weighted by atomic mass is 10.1. The molecule has 0 saturated heterocycles. The number of aliphatic hydroxyl groups excluding tert-OH is 1. The van der Waals surface area contributed by atoms with Crippen LogP contribution in [0.2, 0.25) is 0 Å². The Kier molecular flexibility index (Phi) is 11.9. The number of benzene rings is 2. The van der Waals surface area contributed by atoms with E-state index in [9.17, 15) is 18.3 Å². The van der Waals surface area contributed by atoms with E-state index < -0.39 is 29.8 Å². The van der Waals surface area contributed by atoms with Crippen molar-refractivity contribution in [1.29, 1.82) is 0 Å². The third kappa shape index (κ3) is 11.3. The zero-order valence-electron chi connectivity index (χ0n) is 17.8. The van der Waals surface area contributed by atoms with Gasteiger partial charge in [0, 0.05) is 12.1 Å². The Balaban J connectivity index is 0.000000801. The average Bonchev–Trinajstić information content (AvgIpc) is 2.77. The highest BCUT2D eigenvalue weighted by atomic mass is 19.4. The highest BCUT2D eigenvalue weighted by Gasteiger charge is 2.29. The molecule has 11 heteroatoms. The molecule has 182 valence electrons. The predicted octanol–water partition coefficient (Wildman–Crippen LogP) is 2.58. The second kappa shape index (κ2) is 14.1. The second-order valence-electron chi connectivity index (χ2n) is 6.74. The van der Waals surface area contributed by atoms with Crippen molar-refractivity contribution in [3.05, 3.63) is 65.2 Å². The summed E-state index contributed by atoms with van der Waals surface area (Å²) in [6, 6.07) is 12.6. The van der Waals surface area contributed by atoms with Gasteiger partial charge in [0.05, 0.1) is 32.0 Å². The average molecular weight is 473 g/mol. The Morgan fingerprint density at radius 3 is 2.18 bits per heavy atom. The van der Waals surface area contributed by atoms with Gasteiger partial charge in [0.25, 0.3) is 0 Å². The molecule has 1 atom stereocenters. The van der Waals surface area contributed by atoms with Crippen molar-refractivity contribution >= 4 is 11.9 Å². The second-order valence-corrected chi connectivity index (χ2v) is 6.74. The van der Waals surface area contributed by atoms with Crippen molar-refractivity contribution in [1.82, 2.24) is 5.32 Å². The number of aliphatic hydroxyl groups is 1. The maximum atomic E-state index is 12.5. The number of hydrogen-bond donors (Lipinski definition) is 4. The van der Waals surface area contributed by atoms with E-state index in [1.165, 1.54) is 12.1 Å². The number of nitrogens with one attached hydrogen (secondary N) is 1. The molecule has 0 amide bonds. The molecule has 0 radical (unpaired) electrons. The summed E-state index contributed by atoms with van der Waals surface area (Å²) in [5, 5.41) is 27.8. The fourth-order valence-corrected chi connectivity index (χ4v) is 2.55. The molecule has 0 bridgehead atoms. The van der Waals surface area contributed by atoms with E-state index in [0.29, 0.717) is 26.1 Å². The summed E-state index contributed by atoms with van der Waals surface area (Å²) in [5.74, 6) is -2.91. The molecule has 0 fully saturated rings. The summed E-state index contributed by atoms with van der Waals surface area (Å²) < 4.78 is 48.3. The Hall–Kier alpha value is -3.15. The van der Waals surface area contributed by atoms with E-state index in [0.717, 1.165) is 29.0 Å². The van der Waals surface area contributed by atoms with Gasteiger partial charge in [-0.1, -0.05) is 30.3 Å². The maximum absolute atomic E-state index is 12.5. The van der Waals surface area contributed by atoms with E-state index in [4.69, 9.17) is 29.3 Å². The molecule has 0 aliphatic heterocycles. The van der Waals surface area contributed by atoms with Crippen molar-refractivity contribution in [2.45, 2.75) is 25.3 Å². The first-order chi connectivity index (χ1) is 15.5. The Labute approximate surface area is 188 Å². The van der Waals surface area contributed by atoms with Crippen molar-refractivity contribution in [3.8, 4) is 5.75 Å². The number of methoxy groups -OCH3 is 1. The molecule has 0 saturated carbocycles. The van der Waals surface area contributed by atoms with Gasteiger partial charge in [0.2, 0.25) is 0 Å². The Morgan fingerprint density at radius 1 is 1.03 bits per heavy atom. The molecule has 33 heavy (non-hydrogen) atoms. The summed E-state index contributed by atoms with van der Waals surface area (Å²) >= 11 is 0. The third-order valence-electron chi connectivity index (χ3n) is 4.19. The van der Waals surface area contributed by atoms with Crippen LogP contribution in [0.4, 0.5) is 13.2 Å². The molecular weight excluding hydrogens is 447 g/mol. The number of halogens is 3. The number of aliphatic carboxylic acids is 2. The molecule has 0 heterocycles. The summed E-state index contributed by atoms with van der Waals surface area (Å²) in [4.78, 5) is 18.2. The number of carboxylic acids is 2. The van der Waals surface area contributed by atoms with E-state index in [1.807, 2.05) is 24.3 Å². The predicted molar refractivity (Wildman–Crippen MR) is 112 cm³/mol. The van der Waals surface area contributed by atoms with E-state index >= 15 is 0 Å². The molecule has 1 unspecified atom stereocenters. The molecule has 2 aromatic rings. The van der Waals surface area contributed by atoms with Crippen molar-refractivity contribution in [3.63, 3.8) is 0 Å². The third-order valence-corrected chi connectivity index (χ3v) is 4.19. The SMILES string of the molecule is COc1ccccc1COCC(O)CNCCc1ccc(C(F)(F)F)cc1.O=C(O)C(=O)O. The number of carbonyl (C=O) groups is 2. The monoisotopic (exact) mass is 473 g/mol. The largest absolute Gasteiger partial charge is 0.496 e. The molecular formula is C22H26F3NO7. The summed E-state index contributed by atoms with van der Waals surface area (Å²) in [7, 11) is 1.59. The number of rotatable bonds is 10. The minimum atomic E-state index is -4.31. The van der Waals surface area contributed by atoms with Crippen LogP contribution in [-0.2, 0) is 33.5 Å². The Bertz CT molecular complexity index is 861. The fraction of sp³-hybridized carbons (Fsp3) is 0.364.